The van der Waals surface area contributed by atoms with Crippen LogP contribution in [0.15, 0.2) is 255 Å². The smallest absolute Gasteiger partial charge is 0.0619 e. The highest BCUT2D eigenvalue weighted by Crippen LogP contribution is 2.51. The third kappa shape index (κ3) is 6.71. The molecule has 2 nitrogen and oxygen atoms in total. The van der Waals surface area contributed by atoms with E-state index in [9.17, 15) is 0 Å². The second-order valence-electron chi connectivity index (χ2n) is 18.9. The maximum Gasteiger partial charge on any atom is 0.0619 e. The number of anilines is 3. The Hall–Kier alpha value is -8.72. The van der Waals surface area contributed by atoms with E-state index >= 15 is 0 Å². The summed E-state index contributed by atoms with van der Waals surface area (Å²) < 4.78 is 2.49. The van der Waals surface area contributed by atoms with E-state index < -0.39 is 0 Å². The molecule has 0 unspecified atom stereocenters. The minimum absolute atomic E-state index is 0.127. The summed E-state index contributed by atoms with van der Waals surface area (Å²) >= 11 is 0. The Labute approximate surface area is 403 Å². The maximum atomic E-state index is 2.49. The molecule has 0 aliphatic heterocycles. The molecule has 1 aliphatic rings. The van der Waals surface area contributed by atoms with Crippen LogP contribution in [0.3, 0.4) is 0 Å². The van der Waals surface area contributed by atoms with Gasteiger partial charge in [-0.2, -0.15) is 0 Å². The first-order valence-electron chi connectivity index (χ1n) is 24.0. The van der Waals surface area contributed by atoms with Crippen molar-refractivity contribution in [1.29, 1.82) is 0 Å². The third-order valence-electron chi connectivity index (χ3n) is 14.6. The first kappa shape index (κ1) is 40.5. The number of benzene rings is 11. The fourth-order valence-corrected chi connectivity index (χ4v) is 11.2. The van der Waals surface area contributed by atoms with Gasteiger partial charge in [-0.15, -0.1) is 0 Å². The number of nitrogens with zero attached hydrogens (tertiary/aromatic N) is 2. The van der Waals surface area contributed by atoms with Crippen molar-refractivity contribution >= 4 is 49.6 Å². The van der Waals surface area contributed by atoms with E-state index in [-0.39, 0.29) is 5.41 Å². The summed E-state index contributed by atoms with van der Waals surface area (Å²) in [7, 11) is 0. The zero-order chi connectivity index (χ0) is 46.1. The van der Waals surface area contributed by atoms with Gasteiger partial charge in [0, 0.05) is 44.4 Å². The highest BCUT2D eigenvalue weighted by atomic mass is 15.1. The molecule has 1 aromatic heterocycles. The summed E-state index contributed by atoms with van der Waals surface area (Å²) in [6.45, 7) is 4.72. The van der Waals surface area contributed by atoms with Gasteiger partial charge in [0.1, 0.15) is 0 Å². The van der Waals surface area contributed by atoms with Gasteiger partial charge in [0.05, 0.1) is 16.7 Å². The zero-order valence-corrected chi connectivity index (χ0v) is 38.6. The number of hydrogen-bond donors (Lipinski definition) is 0. The quantitative estimate of drug-likeness (QED) is 0.148. The van der Waals surface area contributed by atoms with E-state index in [4.69, 9.17) is 0 Å². The van der Waals surface area contributed by atoms with E-state index in [1.165, 1.54) is 93.8 Å². The summed E-state index contributed by atoms with van der Waals surface area (Å²) in [6.07, 6.45) is 0. The molecule has 1 heterocycles. The lowest BCUT2D eigenvalue weighted by Crippen LogP contribution is -2.16. The minimum Gasteiger partial charge on any atom is -0.310 e. The van der Waals surface area contributed by atoms with Crippen LogP contribution in [0.5, 0.6) is 0 Å². The summed E-state index contributed by atoms with van der Waals surface area (Å²) in [6, 6.07) is 93.6. The Kier molecular flexibility index (Phi) is 9.55. The van der Waals surface area contributed by atoms with Gasteiger partial charge in [-0.25, -0.2) is 0 Å². The molecule has 326 valence electrons. The summed E-state index contributed by atoms with van der Waals surface area (Å²) in [5.74, 6) is 0. The van der Waals surface area contributed by atoms with Crippen LogP contribution in [0.4, 0.5) is 17.1 Å². The van der Waals surface area contributed by atoms with Crippen LogP contribution in [0, 0.1) is 0 Å². The average molecular weight is 881 g/mol. The zero-order valence-electron chi connectivity index (χ0n) is 38.6. The Morgan fingerprint density at radius 2 is 0.812 bits per heavy atom. The van der Waals surface area contributed by atoms with Gasteiger partial charge in [-0.3, -0.25) is 0 Å². The SMILES string of the molecule is CC1(C)c2ccccc2-c2ccc(N(c3ccc(-c4ccccc4-n4c5ccccc5c5cccc(-c6ccc(-c7ccccc7)cc6)c54)cc3)c3ccc(-c4cccc5ccccc45)cc3)cc21. The maximum absolute atomic E-state index is 2.49. The molecule has 69 heavy (non-hydrogen) atoms. The van der Waals surface area contributed by atoms with Gasteiger partial charge >= 0.3 is 0 Å². The number of fused-ring (bicyclic) bond motifs is 7. The number of aromatic nitrogens is 1. The van der Waals surface area contributed by atoms with E-state index in [1.807, 2.05) is 0 Å². The molecular weight excluding hydrogens is 833 g/mol. The molecule has 0 amide bonds. The Balaban J connectivity index is 0.931. The molecule has 0 radical (unpaired) electrons. The number of para-hydroxylation sites is 3. The fourth-order valence-electron chi connectivity index (χ4n) is 11.2. The van der Waals surface area contributed by atoms with Crippen molar-refractivity contribution in [2.75, 3.05) is 4.90 Å². The second-order valence-corrected chi connectivity index (χ2v) is 18.9. The highest BCUT2D eigenvalue weighted by Gasteiger charge is 2.35. The molecule has 0 spiro atoms. The highest BCUT2D eigenvalue weighted by molar-refractivity contribution is 6.14. The largest absolute Gasteiger partial charge is 0.310 e. The Bertz CT molecular complexity index is 3890. The van der Waals surface area contributed by atoms with Crippen LogP contribution in [-0.4, -0.2) is 4.57 Å². The third-order valence-corrected chi connectivity index (χ3v) is 14.6. The predicted molar refractivity (Wildman–Crippen MR) is 292 cm³/mol. The van der Waals surface area contributed by atoms with Crippen molar-refractivity contribution < 1.29 is 0 Å². The standard InChI is InChI=1S/C67H48N2/c1-67(2)62-27-11-8-22-58(62)59-43-42-53(44-63(59)67)68(51-38-34-48(35-39-51)55-24-14-19-47-18-6-7-20-54(47)55)52-40-36-49(37-41-52)56-21-9-12-28-64(56)69-65-29-13-10-23-60(65)61-26-15-25-57(66(61)69)50-32-30-46(31-33-50)45-16-4-3-5-17-45/h3-44H,1-2H3. The van der Waals surface area contributed by atoms with E-state index in [0.717, 1.165) is 28.3 Å². The van der Waals surface area contributed by atoms with E-state index in [2.05, 4.69) is 278 Å². The molecule has 0 saturated carbocycles. The first-order chi connectivity index (χ1) is 34.0. The van der Waals surface area contributed by atoms with Crippen LogP contribution in [0.2, 0.25) is 0 Å². The lowest BCUT2D eigenvalue weighted by atomic mass is 9.82. The Morgan fingerprint density at radius 1 is 0.319 bits per heavy atom. The summed E-state index contributed by atoms with van der Waals surface area (Å²) in [5, 5.41) is 4.98. The predicted octanol–water partition coefficient (Wildman–Crippen LogP) is 18.4. The molecule has 13 rings (SSSR count). The first-order valence-corrected chi connectivity index (χ1v) is 24.0. The molecule has 0 N–H and O–H groups in total. The van der Waals surface area contributed by atoms with Crippen molar-refractivity contribution in [1.82, 2.24) is 4.57 Å². The summed E-state index contributed by atoms with van der Waals surface area (Å²) in [5.41, 5.74) is 21.7. The van der Waals surface area contributed by atoms with E-state index in [1.54, 1.807) is 0 Å². The number of hydrogen-bond acceptors (Lipinski definition) is 1. The normalized spacial score (nSPS) is 12.6. The van der Waals surface area contributed by atoms with Gasteiger partial charge < -0.3 is 9.47 Å². The van der Waals surface area contributed by atoms with Crippen molar-refractivity contribution in [3.05, 3.63) is 266 Å². The van der Waals surface area contributed by atoms with Crippen LogP contribution >= 0.6 is 0 Å². The van der Waals surface area contributed by atoms with Crippen LogP contribution in [0.25, 0.3) is 93.9 Å². The lowest BCUT2D eigenvalue weighted by molar-refractivity contribution is 0.660. The van der Waals surface area contributed by atoms with Gasteiger partial charge in [0.25, 0.3) is 0 Å². The van der Waals surface area contributed by atoms with Gasteiger partial charge in [0.15, 0.2) is 0 Å². The van der Waals surface area contributed by atoms with Crippen molar-refractivity contribution in [2.45, 2.75) is 19.3 Å². The molecule has 1 aliphatic carbocycles. The van der Waals surface area contributed by atoms with Crippen molar-refractivity contribution in [3.63, 3.8) is 0 Å². The van der Waals surface area contributed by atoms with Crippen LogP contribution in [-0.2, 0) is 5.41 Å². The monoisotopic (exact) mass is 880 g/mol. The molecule has 2 heteroatoms. The molecule has 0 atom stereocenters. The lowest BCUT2D eigenvalue weighted by Gasteiger charge is -2.28. The van der Waals surface area contributed by atoms with Gasteiger partial charge in [-0.1, -0.05) is 220 Å². The van der Waals surface area contributed by atoms with Crippen molar-refractivity contribution in [3.8, 4) is 61.3 Å². The average Bonchev–Trinajstić information content (AvgIpc) is 3.87. The topological polar surface area (TPSA) is 8.17 Å². The molecular formula is C67H48N2. The second kappa shape index (κ2) is 16.3. The molecule has 11 aromatic carbocycles. The van der Waals surface area contributed by atoms with Gasteiger partial charge in [-0.05, 0) is 115 Å². The van der Waals surface area contributed by atoms with Gasteiger partial charge in [0.2, 0.25) is 0 Å². The minimum atomic E-state index is -0.127. The van der Waals surface area contributed by atoms with Crippen molar-refractivity contribution in [2.24, 2.45) is 0 Å². The summed E-state index contributed by atoms with van der Waals surface area (Å²) in [4.78, 5) is 2.42. The molecule has 0 bridgehead atoms. The molecule has 0 fully saturated rings. The molecule has 12 aromatic rings. The fraction of sp³-hybridized carbons (Fsp3) is 0.0448. The van der Waals surface area contributed by atoms with Crippen LogP contribution < -0.4 is 4.90 Å². The molecule has 0 saturated heterocycles. The van der Waals surface area contributed by atoms with Crippen LogP contribution in [0.1, 0.15) is 25.0 Å². The number of rotatable bonds is 8. The van der Waals surface area contributed by atoms with E-state index in [0.29, 0.717) is 0 Å². The Morgan fingerprint density at radius 3 is 1.59 bits per heavy atom.